The summed E-state index contributed by atoms with van der Waals surface area (Å²) in [6.07, 6.45) is -0.486. The number of likely N-dealkylation sites (N-methyl/N-ethyl adjacent to an activating group) is 2. The molecule has 0 aromatic carbocycles. The number of nitrogens with one attached hydrogen (secondary N) is 1. The van der Waals surface area contributed by atoms with Crippen LogP contribution in [-0.4, -0.2) is 42.6 Å². The second-order valence-electron chi connectivity index (χ2n) is 5.39. The molecule has 5 nitrogen and oxygen atoms in total. The summed E-state index contributed by atoms with van der Waals surface area (Å²) in [6.45, 7) is 9.16. The molecule has 0 aromatic rings. The third kappa shape index (κ3) is 5.06. The first-order chi connectivity index (χ1) is 7.60. The quantitative estimate of drug-likeness (QED) is 0.820. The molecule has 0 saturated carbocycles. The lowest BCUT2D eigenvalue weighted by atomic mass is 10.0. The van der Waals surface area contributed by atoms with Crippen molar-refractivity contribution in [3.63, 3.8) is 0 Å². The van der Waals surface area contributed by atoms with Gasteiger partial charge in [-0.15, -0.1) is 0 Å². The molecule has 0 aliphatic carbocycles. The molecule has 17 heavy (non-hydrogen) atoms. The van der Waals surface area contributed by atoms with Crippen LogP contribution >= 0.6 is 0 Å². The Hall–Kier alpha value is -1.26. The van der Waals surface area contributed by atoms with E-state index in [1.165, 1.54) is 4.90 Å². The molecule has 100 valence electrons. The van der Waals surface area contributed by atoms with Crippen molar-refractivity contribution >= 4 is 12.0 Å². The normalized spacial score (nSPS) is 13.2. The van der Waals surface area contributed by atoms with Crippen LogP contribution in [0.1, 0.15) is 34.6 Å². The van der Waals surface area contributed by atoms with Gasteiger partial charge < -0.3 is 10.1 Å². The minimum absolute atomic E-state index is 0.0208. The monoisotopic (exact) mass is 244 g/mol. The summed E-state index contributed by atoms with van der Waals surface area (Å²) >= 11 is 0. The molecule has 0 bridgehead atoms. The SMILES string of the molecule is CNC(=O)[C@H](C(C)C)N(C)C(=O)OC(C)(C)C. The lowest BCUT2D eigenvalue weighted by Crippen LogP contribution is -2.50. The molecule has 0 heterocycles. The van der Waals surface area contributed by atoms with E-state index in [-0.39, 0.29) is 11.8 Å². The topological polar surface area (TPSA) is 58.6 Å². The molecule has 1 atom stereocenters. The van der Waals surface area contributed by atoms with Gasteiger partial charge in [0, 0.05) is 14.1 Å². The molecular weight excluding hydrogens is 220 g/mol. The molecule has 0 spiro atoms. The predicted octanol–water partition coefficient (Wildman–Crippen LogP) is 1.62. The van der Waals surface area contributed by atoms with Gasteiger partial charge in [-0.2, -0.15) is 0 Å². The van der Waals surface area contributed by atoms with E-state index in [1.54, 1.807) is 34.9 Å². The maximum Gasteiger partial charge on any atom is 0.410 e. The number of amides is 2. The van der Waals surface area contributed by atoms with Crippen molar-refractivity contribution in [2.75, 3.05) is 14.1 Å². The van der Waals surface area contributed by atoms with Crippen molar-refractivity contribution in [1.29, 1.82) is 0 Å². The van der Waals surface area contributed by atoms with Gasteiger partial charge in [-0.25, -0.2) is 4.79 Å². The van der Waals surface area contributed by atoms with Crippen LogP contribution in [0.4, 0.5) is 4.79 Å². The zero-order valence-electron chi connectivity index (χ0n) is 11.8. The lowest BCUT2D eigenvalue weighted by molar-refractivity contribution is -0.126. The molecule has 5 heteroatoms. The van der Waals surface area contributed by atoms with Gasteiger partial charge in [0.1, 0.15) is 11.6 Å². The maximum absolute atomic E-state index is 11.8. The molecule has 0 aromatic heterocycles. The molecule has 0 unspecified atom stereocenters. The Morgan fingerprint density at radius 1 is 1.24 bits per heavy atom. The van der Waals surface area contributed by atoms with E-state index in [0.29, 0.717) is 0 Å². The van der Waals surface area contributed by atoms with Gasteiger partial charge in [0.05, 0.1) is 0 Å². The second-order valence-corrected chi connectivity index (χ2v) is 5.39. The summed E-state index contributed by atoms with van der Waals surface area (Å²) in [5, 5.41) is 2.56. The van der Waals surface area contributed by atoms with Crippen LogP contribution < -0.4 is 5.32 Å². The minimum Gasteiger partial charge on any atom is -0.444 e. The van der Waals surface area contributed by atoms with E-state index >= 15 is 0 Å². The Bertz CT molecular complexity index is 282. The van der Waals surface area contributed by atoms with Crippen molar-refractivity contribution in [3.8, 4) is 0 Å². The van der Waals surface area contributed by atoms with E-state index in [2.05, 4.69) is 5.32 Å². The van der Waals surface area contributed by atoms with Crippen LogP contribution in [0.3, 0.4) is 0 Å². The van der Waals surface area contributed by atoms with Crippen LogP contribution in [0, 0.1) is 5.92 Å². The third-order valence-electron chi connectivity index (χ3n) is 2.25. The molecule has 2 amide bonds. The predicted molar refractivity (Wildman–Crippen MR) is 66.7 cm³/mol. The number of carbonyl (C=O) groups is 2. The minimum atomic E-state index is -0.560. The molecule has 0 fully saturated rings. The van der Waals surface area contributed by atoms with E-state index in [0.717, 1.165) is 0 Å². The van der Waals surface area contributed by atoms with Crippen molar-refractivity contribution in [2.24, 2.45) is 5.92 Å². The van der Waals surface area contributed by atoms with Crippen LogP contribution in [0.5, 0.6) is 0 Å². The maximum atomic E-state index is 11.8. The second kappa shape index (κ2) is 5.89. The molecule has 0 aliphatic rings. The van der Waals surface area contributed by atoms with Gasteiger partial charge in [-0.3, -0.25) is 9.69 Å². The van der Waals surface area contributed by atoms with Crippen LogP contribution in [-0.2, 0) is 9.53 Å². The summed E-state index contributed by atoms with van der Waals surface area (Å²) in [5.74, 6) is -0.166. The largest absolute Gasteiger partial charge is 0.444 e. The van der Waals surface area contributed by atoms with Gasteiger partial charge in [0.2, 0.25) is 5.91 Å². The number of carbonyl (C=O) groups excluding carboxylic acids is 2. The van der Waals surface area contributed by atoms with Gasteiger partial charge in [-0.05, 0) is 26.7 Å². The van der Waals surface area contributed by atoms with Crippen LogP contribution in [0.15, 0.2) is 0 Å². The first-order valence-corrected chi connectivity index (χ1v) is 5.77. The average Bonchev–Trinajstić information content (AvgIpc) is 2.14. The van der Waals surface area contributed by atoms with Crippen molar-refractivity contribution < 1.29 is 14.3 Å². The number of hydrogen-bond acceptors (Lipinski definition) is 3. The first kappa shape index (κ1) is 15.7. The third-order valence-corrected chi connectivity index (χ3v) is 2.25. The zero-order valence-corrected chi connectivity index (χ0v) is 11.8. The highest BCUT2D eigenvalue weighted by Crippen LogP contribution is 2.14. The van der Waals surface area contributed by atoms with E-state index in [4.69, 9.17) is 4.74 Å². The highest BCUT2D eigenvalue weighted by molar-refractivity contribution is 5.85. The molecular formula is C12H24N2O3. The Morgan fingerprint density at radius 2 is 1.71 bits per heavy atom. The smallest absolute Gasteiger partial charge is 0.410 e. The Morgan fingerprint density at radius 3 is 2.00 bits per heavy atom. The van der Waals surface area contributed by atoms with Crippen LogP contribution in [0.2, 0.25) is 0 Å². The van der Waals surface area contributed by atoms with Gasteiger partial charge in [-0.1, -0.05) is 13.8 Å². The van der Waals surface area contributed by atoms with Gasteiger partial charge in [0.25, 0.3) is 0 Å². The molecule has 0 radical (unpaired) electrons. The fourth-order valence-corrected chi connectivity index (χ4v) is 1.52. The molecule has 0 rings (SSSR count). The Kier molecular flexibility index (Phi) is 5.45. The van der Waals surface area contributed by atoms with E-state index < -0.39 is 17.7 Å². The summed E-state index contributed by atoms with van der Waals surface area (Å²) in [4.78, 5) is 24.9. The number of rotatable bonds is 3. The van der Waals surface area contributed by atoms with Gasteiger partial charge >= 0.3 is 6.09 Å². The van der Waals surface area contributed by atoms with Crippen molar-refractivity contribution in [3.05, 3.63) is 0 Å². The van der Waals surface area contributed by atoms with Crippen molar-refractivity contribution in [2.45, 2.75) is 46.3 Å². The number of ether oxygens (including phenoxy) is 1. The molecule has 0 aliphatic heterocycles. The first-order valence-electron chi connectivity index (χ1n) is 5.77. The van der Waals surface area contributed by atoms with E-state index in [9.17, 15) is 9.59 Å². The standard InChI is InChI=1S/C12H24N2O3/c1-8(2)9(10(15)13-6)14(7)11(16)17-12(3,4)5/h8-9H,1-7H3,(H,13,15)/t9-/m0/s1. The van der Waals surface area contributed by atoms with E-state index in [1.807, 2.05) is 13.8 Å². The van der Waals surface area contributed by atoms with Crippen LogP contribution in [0.25, 0.3) is 0 Å². The Balaban J connectivity index is 4.79. The average molecular weight is 244 g/mol. The summed E-state index contributed by atoms with van der Waals surface area (Å²) in [6, 6.07) is -0.519. The highest BCUT2D eigenvalue weighted by Gasteiger charge is 2.31. The fourth-order valence-electron chi connectivity index (χ4n) is 1.52. The molecule has 1 N–H and O–H groups in total. The van der Waals surface area contributed by atoms with Gasteiger partial charge in [0.15, 0.2) is 0 Å². The number of nitrogens with zero attached hydrogens (tertiary/aromatic N) is 1. The summed E-state index contributed by atoms with van der Waals surface area (Å²) in [5.41, 5.74) is -0.560. The molecule has 0 saturated heterocycles. The number of hydrogen-bond donors (Lipinski definition) is 1. The Labute approximate surface area is 103 Å². The van der Waals surface area contributed by atoms with Crippen molar-refractivity contribution in [1.82, 2.24) is 10.2 Å². The zero-order chi connectivity index (χ0) is 13.8. The summed E-state index contributed by atoms with van der Waals surface area (Å²) < 4.78 is 5.23. The fraction of sp³-hybridized carbons (Fsp3) is 0.833. The highest BCUT2D eigenvalue weighted by atomic mass is 16.6. The summed E-state index contributed by atoms with van der Waals surface area (Å²) in [7, 11) is 3.13. The lowest BCUT2D eigenvalue weighted by Gasteiger charge is -2.31.